The van der Waals surface area contributed by atoms with Crippen LogP contribution in [-0.2, 0) is 14.3 Å². The van der Waals surface area contributed by atoms with Crippen molar-refractivity contribution < 1.29 is 24.1 Å². The first-order chi connectivity index (χ1) is 20.9. The molecular weight excluding hydrogens is 610 g/mol. The van der Waals surface area contributed by atoms with Crippen molar-refractivity contribution in [3.05, 3.63) is 106 Å². The number of nitrogens with one attached hydrogen (secondary N) is 2. The predicted molar refractivity (Wildman–Crippen MR) is 173 cm³/mol. The lowest BCUT2D eigenvalue weighted by molar-refractivity contribution is -0.129. The molecule has 3 aromatic rings. The maximum absolute atomic E-state index is 14.1. The lowest BCUT2D eigenvalue weighted by Crippen LogP contribution is -2.52. The Labute approximate surface area is 262 Å². The number of hydrogen-bond acceptors (Lipinski definition) is 7. The Morgan fingerprint density at radius 1 is 1.05 bits per heavy atom. The Bertz CT molecular complexity index is 1350. The highest BCUT2D eigenvalue weighted by molar-refractivity contribution is 9.10. The highest BCUT2D eigenvalue weighted by Gasteiger charge is 2.52. The molecule has 2 atom stereocenters. The zero-order chi connectivity index (χ0) is 30.5. The first-order valence-corrected chi connectivity index (χ1v) is 15.4. The second-order valence-corrected chi connectivity index (χ2v) is 11.4. The predicted octanol–water partition coefficient (Wildman–Crippen LogP) is 6.01. The topological polar surface area (TPSA) is 101 Å². The number of hydrogen-bond donors (Lipinski definition) is 3. The highest BCUT2D eigenvalue weighted by Crippen LogP contribution is 2.43. The molecule has 3 N–H and O–H groups in total. The highest BCUT2D eigenvalue weighted by atomic mass is 79.9. The minimum Gasteiger partial charge on any atom is -0.494 e. The summed E-state index contributed by atoms with van der Waals surface area (Å²) in [5.41, 5.74) is 7.28. The van der Waals surface area contributed by atoms with Gasteiger partial charge in [-0.25, -0.2) is 10.4 Å². The molecule has 3 aromatic carbocycles. The molecule has 228 valence electrons. The third-order valence-corrected chi connectivity index (χ3v) is 7.37. The molecule has 0 saturated carbocycles. The molecule has 9 heteroatoms. The van der Waals surface area contributed by atoms with Crippen LogP contribution in [0.15, 0.2) is 94.4 Å². The number of aliphatic imine (C=N–C) groups is 1. The van der Waals surface area contributed by atoms with Crippen molar-refractivity contribution in [2.24, 2.45) is 4.99 Å². The largest absolute Gasteiger partial charge is 0.494 e. The van der Waals surface area contributed by atoms with Crippen LogP contribution in [-0.4, -0.2) is 54.9 Å². The van der Waals surface area contributed by atoms with Gasteiger partial charge in [0.1, 0.15) is 5.75 Å². The van der Waals surface area contributed by atoms with Crippen LogP contribution in [0.2, 0.25) is 0 Å². The van der Waals surface area contributed by atoms with E-state index in [1.54, 1.807) is 0 Å². The molecule has 0 aliphatic carbocycles. The number of carbonyl (C=O) groups excluding carboxylic acids is 1. The molecule has 1 aliphatic heterocycles. The van der Waals surface area contributed by atoms with Gasteiger partial charge in [-0.1, -0.05) is 70.5 Å². The molecule has 1 heterocycles. The first-order valence-electron chi connectivity index (χ1n) is 14.6. The van der Waals surface area contributed by atoms with E-state index in [1.165, 1.54) is 0 Å². The fraction of sp³-hybridized carbons (Fsp3) is 0.353. The summed E-state index contributed by atoms with van der Waals surface area (Å²) in [4.78, 5) is 19.1. The average molecular weight is 651 g/mol. The van der Waals surface area contributed by atoms with Crippen molar-refractivity contribution in [3.8, 4) is 5.75 Å². The van der Waals surface area contributed by atoms with Gasteiger partial charge in [0.05, 0.1) is 12.7 Å². The quantitative estimate of drug-likeness (QED) is 0.130. The van der Waals surface area contributed by atoms with Crippen molar-refractivity contribution in [1.29, 1.82) is 0 Å². The van der Waals surface area contributed by atoms with Gasteiger partial charge in [0.15, 0.2) is 11.6 Å². The van der Waals surface area contributed by atoms with E-state index in [1.807, 2.05) is 105 Å². The van der Waals surface area contributed by atoms with Crippen molar-refractivity contribution in [1.82, 2.24) is 10.9 Å². The summed E-state index contributed by atoms with van der Waals surface area (Å²) >= 11 is 3.51. The number of ether oxygens (including phenoxy) is 3. The van der Waals surface area contributed by atoms with Gasteiger partial charge >= 0.3 is 0 Å². The molecule has 0 aromatic heterocycles. The third kappa shape index (κ3) is 9.24. The summed E-state index contributed by atoms with van der Waals surface area (Å²) in [5, 5.41) is 9.04. The van der Waals surface area contributed by atoms with Gasteiger partial charge in [0, 0.05) is 42.6 Å². The van der Waals surface area contributed by atoms with Crippen molar-refractivity contribution in [2.75, 3.05) is 26.4 Å². The zero-order valence-corrected chi connectivity index (χ0v) is 26.3. The van der Waals surface area contributed by atoms with E-state index in [0.717, 1.165) is 27.6 Å². The minimum absolute atomic E-state index is 0.0730. The van der Waals surface area contributed by atoms with E-state index < -0.39 is 11.6 Å². The molecule has 0 spiro atoms. The van der Waals surface area contributed by atoms with Crippen LogP contribution >= 0.6 is 15.9 Å². The van der Waals surface area contributed by atoms with Crippen LogP contribution in [0.5, 0.6) is 5.75 Å². The van der Waals surface area contributed by atoms with E-state index >= 15 is 0 Å². The second kappa shape index (κ2) is 16.4. The van der Waals surface area contributed by atoms with E-state index in [2.05, 4.69) is 26.8 Å². The van der Waals surface area contributed by atoms with Crippen LogP contribution in [0.1, 0.15) is 55.9 Å². The molecule has 0 bridgehead atoms. The van der Waals surface area contributed by atoms with Crippen molar-refractivity contribution in [3.63, 3.8) is 0 Å². The fourth-order valence-electron chi connectivity index (χ4n) is 4.62. The summed E-state index contributed by atoms with van der Waals surface area (Å²) in [5.74, 6) is 0.769. The minimum atomic E-state index is -1.29. The first kappa shape index (κ1) is 32.4. The Balaban J connectivity index is 1.64. The molecule has 43 heavy (non-hydrogen) atoms. The maximum Gasteiger partial charge on any atom is 0.266 e. The van der Waals surface area contributed by atoms with Crippen LogP contribution in [0.4, 0.5) is 0 Å². The molecule has 0 radical (unpaired) electrons. The third-order valence-electron chi connectivity index (χ3n) is 6.84. The summed E-state index contributed by atoms with van der Waals surface area (Å²) in [6.07, 6.45) is 5.06. The number of amides is 1. The van der Waals surface area contributed by atoms with Gasteiger partial charge in [-0.2, -0.15) is 0 Å². The van der Waals surface area contributed by atoms with Gasteiger partial charge in [0.25, 0.3) is 5.91 Å². The van der Waals surface area contributed by atoms with Crippen LogP contribution in [0.25, 0.3) is 6.08 Å². The van der Waals surface area contributed by atoms with Gasteiger partial charge in [-0.3, -0.25) is 10.2 Å². The van der Waals surface area contributed by atoms with Gasteiger partial charge in [-0.15, -0.1) is 0 Å². The standard InChI is InChI=1S/C34H40BrN3O5/c1-25(2)41-23-7-21-36-38-33(40)34(20-6-11-26-9-4-3-5-10-26)31(27-12-16-29(35)17-13-27)43-32(37-34)28-14-18-30(19-15-28)42-24-8-22-39/h3-6,9-19,25,31,36,39H,7-8,20-24H2,1-2H3,(H,38,40)/b11-6+/t31-,34-/m0/s1. The summed E-state index contributed by atoms with van der Waals surface area (Å²) in [6.45, 7) is 5.64. The van der Waals surface area contributed by atoms with Crippen molar-refractivity contribution in [2.45, 2.75) is 50.9 Å². The second-order valence-electron chi connectivity index (χ2n) is 10.5. The lowest BCUT2D eigenvalue weighted by Gasteiger charge is -2.30. The number of nitrogens with zero attached hydrogens (tertiary/aromatic N) is 1. The molecule has 0 fully saturated rings. The normalized spacial score (nSPS) is 18.1. The lowest BCUT2D eigenvalue weighted by atomic mass is 9.84. The van der Waals surface area contributed by atoms with Crippen LogP contribution in [0.3, 0.4) is 0 Å². The molecule has 8 nitrogen and oxygen atoms in total. The van der Waals surface area contributed by atoms with Gasteiger partial charge < -0.3 is 19.3 Å². The summed E-state index contributed by atoms with van der Waals surface area (Å²) < 4.78 is 18.8. The number of hydrazine groups is 1. The van der Waals surface area contributed by atoms with E-state index in [9.17, 15) is 4.79 Å². The summed E-state index contributed by atoms with van der Waals surface area (Å²) in [7, 11) is 0. The Kier molecular flexibility index (Phi) is 12.3. The van der Waals surface area contributed by atoms with Gasteiger partial charge in [-0.05, 0) is 67.8 Å². The number of aliphatic hydroxyl groups is 1. The molecule has 0 saturated heterocycles. The molecule has 1 amide bonds. The molecular formula is C34H40BrN3O5. The monoisotopic (exact) mass is 649 g/mol. The number of aliphatic hydroxyl groups excluding tert-OH is 1. The Morgan fingerprint density at radius 3 is 2.49 bits per heavy atom. The average Bonchev–Trinajstić information content (AvgIpc) is 3.41. The number of rotatable bonds is 16. The number of halogens is 1. The van der Waals surface area contributed by atoms with Crippen LogP contribution in [0, 0.1) is 0 Å². The van der Waals surface area contributed by atoms with Gasteiger partial charge in [0.2, 0.25) is 5.90 Å². The van der Waals surface area contributed by atoms with Crippen LogP contribution < -0.4 is 15.6 Å². The van der Waals surface area contributed by atoms with E-state index in [4.69, 9.17) is 24.3 Å². The van der Waals surface area contributed by atoms with E-state index in [0.29, 0.717) is 44.2 Å². The fourth-order valence-corrected chi connectivity index (χ4v) is 4.89. The number of benzene rings is 3. The molecule has 1 aliphatic rings. The smallest absolute Gasteiger partial charge is 0.266 e. The Morgan fingerprint density at radius 2 is 1.79 bits per heavy atom. The Hall–Kier alpha value is -3.50. The maximum atomic E-state index is 14.1. The van der Waals surface area contributed by atoms with E-state index in [-0.39, 0.29) is 18.6 Å². The number of carbonyl (C=O) groups is 1. The zero-order valence-electron chi connectivity index (χ0n) is 24.7. The SMILES string of the molecule is CC(C)OCCCNNC(=O)[C@@]1(C/C=C/c2ccccc2)N=C(c2ccc(OCCCO)cc2)O[C@H]1c1ccc(Br)cc1. The molecule has 0 unspecified atom stereocenters. The van der Waals surface area contributed by atoms with Crippen molar-refractivity contribution >= 4 is 33.8 Å². The molecule has 4 rings (SSSR count). The summed E-state index contributed by atoms with van der Waals surface area (Å²) in [6, 6.07) is 25.1.